The molecule has 0 aromatic heterocycles. The van der Waals surface area contributed by atoms with Crippen molar-refractivity contribution >= 4 is 15.9 Å². The highest BCUT2D eigenvalue weighted by Crippen LogP contribution is 2.16. The van der Waals surface area contributed by atoms with Gasteiger partial charge in [-0.05, 0) is 30.2 Å². The van der Waals surface area contributed by atoms with Crippen molar-refractivity contribution < 1.29 is 9.50 Å². The summed E-state index contributed by atoms with van der Waals surface area (Å²) >= 11 is 3.23. The second kappa shape index (κ2) is 6.33. The second-order valence-corrected chi connectivity index (χ2v) is 5.11. The quantitative estimate of drug-likeness (QED) is 0.873. The van der Waals surface area contributed by atoms with E-state index in [9.17, 15) is 9.50 Å². The van der Waals surface area contributed by atoms with Crippen LogP contribution in [0, 0.1) is 5.82 Å². The fourth-order valence-corrected chi connectivity index (χ4v) is 1.96. The van der Waals surface area contributed by atoms with Gasteiger partial charge in [-0.15, -0.1) is 0 Å². The zero-order chi connectivity index (χ0) is 12.1. The Kier molecular flexibility index (Phi) is 5.38. The average Bonchev–Trinajstić information content (AvgIpc) is 2.12. The Morgan fingerprint density at radius 3 is 2.62 bits per heavy atom. The number of hydrogen-bond acceptors (Lipinski definition) is 2. The number of aliphatic hydroxyl groups is 1. The Balaban J connectivity index is 2.52. The standard InChI is InChI=1S/C12H17BrFNO/c1-8(2)15-7-12(16)5-9-3-10(13)6-11(14)4-9/h3-4,6,8,12,15-16H,5,7H2,1-2H3. The van der Waals surface area contributed by atoms with Gasteiger partial charge in [-0.3, -0.25) is 0 Å². The van der Waals surface area contributed by atoms with Crippen LogP contribution in [-0.4, -0.2) is 23.8 Å². The van der Waals surface area contributed by atoms with Crippen molar-refractivity contribution in [3.63, 3.8) is 0 Å². The van der Waals surface area contributed by atoms with Crippen LogP contribution in [0.15, 0.2) is 22.7 Å². The molecule has 0 aliphatic rings. The molecule has 0 fully saturated rings. The van der Waals surface area contributed by atoms with Crippen LogP contribution >= 0.6 is 15.9 Å². The highest BCUT2D eigenvalue weighted by molar-refractivity contribution is 9.10. The van der Waals surface area contributed by atoms with Gasteiger partial charge in [0.05, 0.1) is 6.10 Å². The first-order valence-corrected chi connectivity index (χ1v) is 6.13. The number of hydrogen-bond donors (Lipinski definition) is 2. The third-order valence-corrected chi connectivity index (χ3v) is 2.61. The Morgan fingerprint density at radius 1 is 1.38 bits per heavy atom. The highest BCUT2D eigenvalue weighted by atomic mass is 79.9. The van der Waals surface area contributed by atoms with E-state index >= 15 is 0 Å². The maximum absolute atomic E-state index is 13.1. The predicted molar refractivity (Wildman–Crippen MR) is 66.9 cm³/mol. The van der Waals surface area contributed by atoms with Crippen LogP contribution in [0.25, 0.3) is 0 Å². The average molecular weight is 290 g/mol. The van der Waals surface area contributed by atoms with Gasteiger partial charge in [0, 0.05) is 17.1 Å². The normalized spacial score (nSPS) is 13.1. The van der Waals surface area contributed by atoms with Gasteiger partial charge in [0.25, 0.3) is 0 Å². The molecule has 1 aromatic carbocycles. The number of nitrogens with one attached hydrogen (secondary N) is 1. The molecule has 1 atom stereocenters. The van der Waals surface area contributed by atoms with E-state index in [1.165, 1.54) is 12.1 Å². The molecular formula is C12H17BrFNO. The number of aliphatic hydroxyl groups excluding tert-OH is 1. The molecule has 0 aliphatic heterocycles. The molecule has 0 amide bonds. The third kappa shape index (κ3) is 5.05. The molecule has 1 rings (SSSR count). The van der Waals surface area contributed by atoms with Crippen LogP contribution in [-0.2, 0) is 6.42 Å². The van der Waals surface area contributed by atoms with E-state index < -0.39 is 6.10 Å². The van der Waals surface area contributed by atoms with Crippen LogP contribution in [0.4, 0.5) is 4.39 Å². The first kappa shape index (κ1) is 13.6. The van der Waals surface area contributed by atoms with Gasteiger partial charge in [-0.25, -0.2) is 4.39 Å². The monoisotopic (exact) mass is 289 g/mol. The molecule has 0 spiro atoms. The lowest BCUT2D eigenvalue weighted by Gasteiger charge is -2.14. The zero-order valence-electron chi connectivity index (χ0n) is 9.50. The predicted octanol–water partition coefficient (Wildman–Crippen LogP) is 2.49. The number of benzene rings is 1. The molecule has 0 saturated heterocycles. The van der Waals surface area contributed by atoms with E-state index in [0.717, 1.165) is 5.56 Å². The molecule has 0 saturated carbocycles. The fourth-order valence-electron chi connectivity index (χ4n) is 1.44. The molecule has 0 bridgehead atoms. The smallest absolute Gasteiger partial charge is 0.124 e. The first-order chi connectivity index (χ1) is 7.47. The molecule has 0 radical (unpaired) electrons. The molecule has 1 unspecified atom stereocenters. The van der Waals surface area contributed by atoms with Crippen molar-refractivity contribution in [3.05, 3.63) is 34.1 Å². The maximum Gasteiger partial charge on any atom is 0.124 e. The van der Waals surface area contributed by atoms with Crippen molar-refractivity contribution in [2.75, 3.05) is 6.54 Å². The summed E-state index contributed by atoms with van der Waals surface area (Å²) in [5, 5.41) is 12.9. The van der Waals surface area contributed by atoms with Gasteiger partial charge in [0.1, 0.15) is 5.82 Å². The second-order valence-electron chi connectivity index (χ2n) is 4.20. The maximum atomic E-state index is 13.1. The van der Waals surface area contributed by atoms with Gasteiger partial charge < -0.3 is 10.4 Å². The van der Waals surface area contributed by atoms with Crippen LogP contribution in [0.3, 0.4) is 0 Å². The molecule has 4 heteroatoms. The molecule has 90 valence electrons. The van der Waals surface area contributed by atoms with E-state index in [0.29, 0.717) is 23.5 Å². The van der Waals surface area contributed by atoms with Crippen molar-refractivity contribution in [1.29, 1.82) is 0 Å². The lowest BCUT2D eigenvalue weighted by atomic mass is 10.1. The summed E-state index contributed by atoms with van der Waals surface area (Å²) < 4.78 is 13.8. The molecule has 0 aliphatic carbocycles. The van der Waals surface area contributed by atoms with Crippen LogP contribution < -0.4 is 5.32 Å². The zero-order valence-corrected chi connectivity index (χ0v) is 11.1. The molecule has 2 N–H and O–H groups in total. The summed E-state index contributed by atoms with van der Waals surface area (Å²) in [6, 6.07) is 5.02. The Labute approximate surface area is 104 Å². The Bertz CT molecular complexity index is 324. The fraction of sp³-hybridized carbons (Fsp3) is 0.500. The minimum Gasteiger partial charge on any atom is -0.391 e. The van der Waals surface area contributed by atoms with E-state index in [4.69, 9.17) is 0 Å². The number of halogens is 2. The largest absolute Gasteiger partial charge is 0.391 e. The minimum atomic E-state index is -0.490. The first-order valence-electron chi connectivity index (χ1n) is 5.34. The van der Waals surface area contributed by atoms with E-state index in [1.807, 2.05) is 19.9 Å². The van der Waals surface area contributed by atoms with E-state index in [-0.39, 0.29) is 5.82 Å². The summed E-state index contributed by atoms with van der Waals surface area (Å²) in [5.41, 5.74) is 0.796. The molecular weight excluding hydrogens is 273 g/mol. The van der Waals surface area contributed by atoms with Gasteiger partial charge >= 0.3 is 0 Å². The van der Waals surface area contributed by atoms with Crippen LogP contribution in [0.1, 0.15) is 19.4 Å². The van der Waals surface area contributed by atoms with Crippen LogP contribution in [0.2, 0.25) is 0 Å². The van der Waals surface area contributed by atoms with Gasteiger partial charge in [0.15, 0.2) is 0 Å². The van der Waals surface area contributed by atoms with Crippen LogP contribution in [0.5, 0.6) is 0 Å². The van der Waals surface area contributed by atoms with Gasteiger partial charge in [0.2, 0.25) is 0 Å². The van der Waals surface area contributed by atoms with Crippen molar-refractivity contribution in [3.8, 4) is 0 Å². The van der Waals surface area contributed by atoms with E-state index in [2.05, 4.69) is 21.2 Å². The topological polar surface area (TPSA) is 32.3 Å². The van der Waals surface area contributed by atoms with Crippen molar-refractivity contribution in [2.45, 2.75) is 32.4 Å². The van der Waals surface area contributed by atoms with Gasteiger partial charge in [-0.1, -0.05) is 29.8 Å². The Morgan fingerprint density at radius 2 is 2.06 bits per heavy atom. The molecule has 16 heavy (non-hydrogen) atoms. The summed E-state index contributed by atoms with van der Waals surface area (Å²) in [7, 11) is 0. The van der Waals surface area contributed by atoms with Gasteiger partial charge in [-0.2, -0.15) is 0 Å². The molecule has 2 nitrogen and oxygen atoms in total. The minimum absolute atomic E-state index is 0.284. The summed E-state index contributed by atoms with van der Waals surface area (Å²) in [5.74, 6) is -0.284. The summed E-state index contributed by atoms with van der Waals surface area (Å²) in [6.07, 6.45) is -0.0353. The summed E-state index contributed by atoms with van der Waals surface area (Å²) in [4.78, 5) is 0. The molecule has 1 aromatic rings. The lowest BCUT2D eigenvalue weighted by Crippen LogP contribution is -2.33. The van der Waals surface area contributed by atoms with E-state index in [1.54, 1.807) is 0 Å². The lowest BCUT2D eigenvalue weighted by molar-refractivity contribution is 0.169. The van der Waals surface area contributed by atoms with Crippen molar-refractivity contribution in [1.82, 2.24) is 5.32 Å². The summed E-state index contributed by atoms with van der Waals surface area (Å²) in [6.45, 7) is 4.56. The van der Waals surface area contributed by atoms with Crippen molar-refractivity contribution in [2.24, 2.45) is 0 Å². The highest BCUT2D eigenvalue weighted by Gasteiger charge is 2.07. The third-order valence-electron chi connectivity index (χ3n) is 2.16. The molecule has 0 heterocycles. The number of rotatable bonds is 5. The SMILES string of the molecule is CC(C)NCC(O)Cc1cc(F)cc(Br)c1. The Hall–Kier alpha value is -0.450.